The van der Waals surface area contributed by atoms with Crippen molar-refractivity contribution in [2.45, 2.75) is 6.92 Å². The highest BCUT2D eigenvalue weighted by molar-refractivity contribution is 7.14. The van der Waals surface area contributed by atoms with Gasteiger partial charge < -0.3 is 10.6 Å². The summed E-state index contributed by atoms with van der Waals surface area (Å²) in [5.74, 6) is -0.544. The molecule has 0 saturated carbocycles. The third-order valence-corrected chi connectivity index (χ3v) is 4.95. The van der Waals surface area contributed by atoms with Crippen LogP contribution in [0.25, 0.3) is 11.3 Å². The SMILES string of the molecule is Cc1ccc(C(=O)NCC(=O)Nc2nc(-c3ccccc3)cs2)s1. The Balaban J connectivity index is 1.54. The molecule has 0 saturated heterocycles. The molecule has 2 amide bonds. The number of hydrogen-bond donors (Lipinski definition) is 2. The lowest BCUT2D eigenvalue weighted by atomic mass is 10.2. The molecule has 0 aliphatic heterocycles. The summed E-state index contributed by atoms with van der Waals surface area (Å²) in [6, 6.07) is 13.4. The van der Waals surface area contributed by atoms with E-state index in [9.17, 15) is 9.59 Å². The fourth-order valence-corrected chi connectivity index (χ4v) is 3.56. The molecule has 2 N–H and O–H groups in total. The van der Waals surface area contributed by atoms with E-state index < -0.39 is 0 Å². The van der Waals surface area contributed by atoms with Crippen LogP contribution in [0.5, 0.6) is 0 Å². The molecule has 24 heavy (non-hydrogen) atoms. The van der Waals surface area contributed by atoms with Crippen LogP contribution in [0, 0.1) is 6.92 Å². The molecule has 7 heteroatoms. The second kappa shape index (κ2) is 7.37. The monoisotopic (exact) mass is 357 g/mol. The standard InChI is InChI=1S/C17H15N3O2S2/c1-11-7-8-14(24-11)16(22)18-9-15(21)20-17-19-13(10-23-17)12-5-3-2-4-6-12/h2-8,10H,9H2,1H3,(H,18,22)(H,19,20,21). The highest BCUT2D eigenvalue weighted by Gasteiger charge is 2.11. The Morgan fingerprint density at radius 2 is 1.92 bits per heavy atom. The molecule has 0 atom stereocenters. The second-order valence-corrected chi connectivity index (χ2v) is 7.19. The molecule has 5 nitrogen and oxygen atoms in total. The van der Waals surface area contributed by atoms with Gasteiger partial charge in [-0.1, -0.05) is 30.3 Å². The molecule has 122 valence electrons. The number of thiazole rings is 1. The van der Waals surface area contributed by atoms with Crippen molar-refractivity contribution in [3.8, 4) is 11.3 Å². The number of amides is 2. The van der Waals surface area contributed by atoms with E-state index in [0.717, 1.165) is 16.1 Å². The minimum absolute atomic E-state index is 0.0873. The number of hydrogen-bond acceptors (Lipinski definition) is 5. The predicted molar refractivity (Wildman–Crippen MR) is 97.6 cm³/mol. The molecule has 2 aromatic heterocycles. The predicted octanol–water partition coefficient (Wildman–Crippen LogP) is 3.55. The van der Waals surface area contributed by atoms with Crippen LogP contribution in [0.1, 0.15) is 14.5 Å². The highest BCUT2D eigenvalue weighted by atomic mass is 32.1. The van der Waals surface area contributed by atoms with Crippen molar-refractivity contribution < 1.29 is 9.59 Å². The molecule has 1 aromatic carbocycles. The van der Waals surface area contributed by atoms with Crippen LogP contribution in [0.2, 0.25) is 0 Å². The number of rotatable bonds is 5. The first-order valence-corrected chi connectivity index (χ1v) is 8.97. The van der Waals surface area contributed by atoms with Crippen molar-refractivity contribution >= 4 is 39.6 Å². The van der Waals surface area contributed by atoms with Gasteiger partial charge in [-0.3, -0.25) is 9.59 Å². The lowest BCUT2D eigenvalue weighted by molar-refractivity contribution is -0.115. The molecule has 0 bridgehead atoms. The largest absolute Gasteiger partial charge is 0.342 e. The van der Waals surface area contributed by atoms with Gasteiger partial charge in [-0.05, 0) is 19.1 Å². The first-order valence-electron chi connectivity index (χ1n) is 7.27. The maximum atomic E-state index is 11.9. The molecule has 3 aromatic rings. The van der Waals surface area contributed by atoms with Gasteiger partial charge in [0.2, 0.25) is 5.91 Å². The van der Waals surface area contributed by atoms with Gasteiger partial charge in [0.1, 0.15) is 0 Å². The summed E-state index contributed by atoms with van der Waals surface area (Å²) < 4.78 is 0. The van der Waals surface area contributed by atoms with Gasteiger partial charge in [0.15, 0.2) is 5.13 Å². The molecular weight excluding hydrogens is 342 g/mol. The molecule has 0 radical (unpaired) electrons. The molecular formula is C17H15N3O2S2. The quantitative estimate of drug-likeness (QED) is 0.733. The van der Waals surface area contributed by atoms with E-state index in [4.69, 9.17) is 0 Å². The Kier molecular flexibility index (Phi) is 5.02. The van der Waals surface area contributed by atoms with E-state index in [1.54, 1.807) is 6.07 Å². The van der Waals surface area contributed by atoms with Crippen LogP contribution >= 0.6 is 22.7 Å². The van der Waals surface area contributed by atoms with E-state index in [2.05, 4.69) is 15.6 Å². The van der Waals surface area contributed by atoms with Crippen molar-refractivity contribution in [1.82, 2.24) is 10.3 Å². The Hall–Kier alpha value is -2.51. The second-order valence-electron chi connectivity index (χ2n) is 5.05. The van der Waals surface area contributed by atoms with Gasteiger partial charge >= 0.3 is 0 Å². The van der Waals surface area contributed by atoms with Crippen LogP contribution in [0.15, 0.2) is 47.8 Å². The highest BCUT2D eigenvalue weighted by Crippen LogP contribution is 2.24. The number of aryl methyl sites for hydroxylation is 1. The van der Waals surface area contributed by atoms with Gasteiger partial charge in [0.25, 0.3) is 5.91 Å². The van der Waals surface area contributed by atoms with Crippen molar-refractivity contribution in [3.05, 3.63) is 57.6 Å². The van der Waals surface area contributed by atoms with Crippen molar-refractivity contribution in [2.75, 3.05) is 11.9 Å². The number of aromatic nitrogens is 1. The number of thiophene rings is 1. The molecule has 0 fully saturated rings. The van der Waals surface area contributed by atoms with Crippen molar-refractivity contribution in [1.29, 1.82) is 0 Å². The number of carbonyl (C=O) groups is 2. The smallest absolute Gasteiger partial charge is 0.261 e. The van der Waals surface area contributed by atoms with Gasteiger partial charge in [0.05, 0.1) is 17.1 Å². The Morgan fingerprint density at radius 1 is 1.12 bits per heavy atom. The lowest BCUT2D eigenvalue weighted by Gasteiger charge is -2.03. The third kappa shape index (κ3) is 4.06. The summed E-state index contributed by atoms with van der Waals surface area (Å²) in [5.41, 5.74) is 1.81. The summed E-state index contributed by atoms with van der Waals surface area (Å²) in [4.78, 5) is 29.9. The summed E-state index contributed by atoms with van der Waals surface area (Å²) in [6.45, 7) is 1.84. The van der Waals surface area contributed by atoms with E-state index in [1.807, 2.05) is 48.7 Å². The zero-order chi connectivity index (χ0) is 16.9. The molecule has 3 rings (SSSR count). The fraction of sp³-hybridized carbons (Fsp3) is 0.118. The normalized spacial score (nSPS) is 10.4. The third-order valence-electron chi connectivity index (χ3n) is 3.19. The zero-order valence-electron chi connectivity index (χ0n) is 12.9. The summed E-state index contributed by atoms with van der Waals surface area (Å²) in [5, 5.41) is 7.71. The van der Waals surface area contributed by atoms with Crippen molar-refractivity contribution in [3.63, 3.8) is 0 Å². The molecule has 0 aliphatic rings. The zero-order valence-corrected chi connectivity index (χ0v) is 14.5. The maximum absolute atomic E-state index is 11.9. The molecule has 0 spiro atoms. The van der Waals surface area contributed by atoms with Crippen LogP contribution in [0.4, 0.5) is 5.13 Å². The van der Waals surface area contributed by atoms with Crippen LogP contribution in [0.3, 0.4) is 0 Å². The average Bonchev–Trinajstić information content (AvgIpc) is 3.23. The molecule has 0 unspecified atom stereocenters. The van der Waals surface area contributed by atoms with Crippen LogP contribution in [-0.4, -0.2) is 23.3 Å². The number of benzene rings is 1. The average molecular weight is 357 g/mol. The summed E-state index contributed by atoms with van der Waals surface area (Å²) in [6.07, 6.45) is 0. The summed E-state index contributed by atoms with van der Waals surface area (Å²) in [7, 11) is 0. The minimum atomic E-state index is -0.300. The van der Waals surface area contributed by atoms with Crippen molar-refractivity contribution in [2.24, 2.45) is 0 Å². The topological polar surface area (TPSA) is 71.1 Å². The van der Waals surface area contributed by atoms with Crippen LogP contribution in [-0.2, 0) is 4.79 Å². The Morgan fingerprint density at radius 3 is 2.62 bits per heavy atom. The summed E-state index contributed by atoms with van der Waals surface area (Å²) >= 11 is 2.75. The minimum Gasteiger partial charge on any atom is -0.342 e. The van der Waals surface area contributed by atoms with Gasteiger partial charge in [0, 0.05) is 15.8 Å². The Labute approximate surface area is 147 Å². The van der Waals surface area contributed by atoms with Gasteiger partial charge in [-0.25, -0.2) is 4.98 Å². The van der Waals surface area contributed by atoms with E-state index in [0.29, 0.717) is 10.0 Å². The first-order chi connectivity index (χ1) is 11.6. The fourth-order valence-electron chi connectivity index (χ4n) is 2.04. The number of nitrogens with zero attached hydrogens (tertiary/aromatic N) is 1. The lowest BCUT2D eigenvalue weighted by Crippen LogP contribution is -2.32. The first kappa shape index (κ1) is 16.4. The van der Waals surface area contributed by atoms with Crippen LogP contribution < -0.4 is 10.6 Å². The van der Waals surface area contributed by atoms with Gasteiger partial charge in [-0.15, -0.1) is 22.7 Å². The number of nitrogens with one attached hydrogen (secondary N) is 2. The van der Waals surface area contributed by atoms with E-state index in [1.165, 1.54) is 22.7 Å². The number of carbonyl (C=O) groups excluding carboxylic acids is 2. The molecule has 2 heterocycles. The maximum Gasteiger partial charge on any atom is 0.261 e. The molecule has 0 aliphatic carbocycles. The van der Waals surface area contributed by atoms with E-state index in [-0.39, 0.29) is 18.4 Å². The van der Waals surface area contributed by atoms with Gasteiger partial charge in [-0.2, -0.15) is 0 Å². The Bertz CT molecular complexity index is 856. The number of anilines is 1. The van der Waals surface area contributed by atoms with E-state index >= 15 is 0 Å².